The van der Waals surface area contributed by atoms with E-state index in [1.54, 1.807) is 11.3 Å². The number of rotatable bonds is 4. The van der Waals surface area contributed by atoms with Gasteiger partial charge in [-0.2, -0.15) is 0 Å². The van der Waals surface area contributed by atoms with Crippen LogP contribution >= 0.6 is 11.3 Å². The van der Waals surface area contributed by atoms with Crippen molar-refractivity contribution < 1.29 is 14.4 Å². The highest BCUT2D eigenvalue weighted by Gasteiger charge is 2.13. The van der Waals surface area contributed by atoms with Crippen LogP contribution in [0.15, 0.2) is 22.7 Å². The number of carboxylic acids is 1. The average Bonchev–Trinajstić information content (AvgIpc) is 2.84. The third-order valence-corrected chi connectivity index (χ3v) is 3.29. The maximum absolute atomic E-state index is 10.6. The van der Waals surface area contributed by atoms with E-state index in [1.807, 2.05) is 12.1 Å². The van der Waals surface area contributed by atoms with Crippen LogP contribution in [-0.2, 0) is 6.42 Å². The quantitative estimate of drug-likeness (QED) is 0.887. The van der Waals surface area contributed by atoms with Crippen molar-refractivity contribution in [2.24, 2.45) is 0 Å². The first-order chi connectivity index (χ1) is 7.70. The van der Waals surface area contributed by atoms with E-state index in [4.69, 9.17) is 9.63 Å². The zero-order valence-corrected chi connectivity index (χ0v) is 9.58. The largest absolute Gasteiger partial charge is 0.476 e. The molecule has 0 amide bonds. The van der Waals surface area contributed by atoms with Crippen molar-refractivity contribution in [3.63, 3.8) is 0 Å². The molecule has 0 aliphatic carbocycles. The number of hydrogen-bond donors (Lipinski definition) is 1. The fraction of sp³-hybridized carbons (Fsp3) is 0.273. The van der Waals surface area contributed by atoms with Gasteiger partial charge in [0.2, 0.25) is 0 Å². The smallest absolute Gasteiger partial charge is 0.358 e. The summed E-state index contributed by atoms with van der Waals surface area (Å²) in [6, 6.07) is 5.41. The standard InChI is InChI=1S/C11H11NO3S/c1-2-3-7-4-5-10(16-7)9-6-8(11(13)14)12-15-9/h4-6H,2-3H2,1H3,(H,13,14). The highest BCUT2D eigenvalue weighted by atomic mass is 32.1. The molecule has 4 nitrogen and oxygen atoms in total. The molecule has 2 aromatic heterocycles. The summed E-state index contributed by atoms with van der Waals surface area (Å²) in [5.41, 5.74) is -0.0551. The molecule has 16 heavy (non-hydrogen) atoms. The molecular weight excluding hydrogens is 226 g/mol. The summed E-state index contributed by atoms with van der Waals surface area (Å²) in [6.45, 7) is 2.12. The SMILES string of the molecule is CCCc1ccc(-c2cc(C(=O)O)no2)s1. The van der Waals surface area contributed by atoms with Crippen LogP contribution in [0.2, 0.25) is 0 Å². The van der Waals surface area contributed by atoms with Crippen molar-refractivity contribution in [2.45, 2.75) is 19.8 Å². The van der Waals surface area contributed by atoms with Gasteiger partial charge in [0.15, 0.2) is 11.5 Å². The maximum Gasteiger partial charge on any atom is 0.358 e. The Hall–Kier alpha value is -1.62. The molecule has 0 aliphatic heterocycles. The van der Waals surface area contributed by atoms with Gasteiger partial charge in [0.1, 0.15) is 0 Å². The molecule has 0 unspecified atom stereocenters. The summed E-state index contributed by atoms with van der Waals surface area (Å²) >= 11 is 1.61. The fourth-order valence-corrected chi connectivity index (χ4v) is 2.44. The lowest BCUT2D eigenvalue weighted by Gasteiger charge is -1.88. The van der Waals surface area contributed by atoms with Crippen LogP contribution in [0, 0.1) is 0 Å². The van der Waals surface area contributed by atoms with Crippen LogP contribution < -0.4 is 0 Å². The van der Waals surface area contributed by atoms with E-state index in [9.17, 15) is 4.79 Å². The molecule has 2 aromatic rings. The fourth-order valence-electron chi connectivity index (χ4n) is 1.38. The van der Waals surface area contributed by atoms with Gasteiger partial charge in [0, 0.05) is 10.9 Å². The van der Waals surface area contributed by atoms with E-state index in [0.717, 1.165) is 17.7 Å². The molecule has 0 aromatic carbocycles. The first kappa shape index (κ1) is 10.9. The lowest BCUT2D eigenvalue weighted by molar-refractivity contribution is 0.0686. The van der Waals surface area contributed by atoms with E-state index in [-0.39, 0.29) is 5.69 Å². The molecule has 5 heteroatoms. The minimum Gasteiger partial charge on any atom is -0.476 e. The minimum absolute atomic E-state index is 0.0551. The van der Waals surface area contributed by atoms with Gasteiger partial charge in [0.05, 0.1) is 4.88 Å². The van der Waals surface area contributed by atoms with Crippen LogP contribution in [0.3, 0.4) is 0 Å². The summed E-state index contributed by atoms with van der Waals surface area (Å²) in [6.07, 6.45) is 2.13. The Kier molecular flexibility index (Phi) is 3.05. The van der Waals surface area contributed by atoms with E-state index < -0.39 is 5.97 Å². The lowest BCUT2D eigenvalue weighted by Crippen LogP contribution is -1.94. The molecular formula is C11H11NO3S. The van der Waals surface area contributed by atoms with Crippen LogP contribution in [-0.4, -0.2) is 16.2 Å². The summed E-state index contributed by atoms with van der Waals surface area (Å²) < 4.78 is 4.98. The predicted molar refractivity (Wildman–Crippen MR) is 60.8 cm³/mol. The van der Waals surface area contributed by atoms with Crippen molar-refractivity contribution in [1.29, 1.82) is 0 Å². The van der Waals surface area contributed by atoms with Gasteiger partial charge in [-0.15, -0.1) is 11.3 Å². The van der Waals surface area contributed by atoms with Crippen LogP contribution in [0.5, 0.6) is 0 Å². The zero-order chi connectivity index (χ0) is 11.5. The number of aryl methyl sites for hydroxylation is 1. The summed E-state index contributed by atoms with van der Waals surface area (Å²) in [7, 11) is 0. The number of aromatic nitrogens is 1. The van der Waals surface area contributed by atoms with Crippen molar-refractivity contribution >= 4 is 17.3 Å². The van der Waals surface area contributed by atoms with Gasteiger partial charge < -0.3 is 9.63 Å². The number of carboxylic acid groups (broad SMARTS) is 1. The molecule has 0 aliphatic rings. The highest BCUT2D eigenvalue weighted by molar-refractivity contribution is 7.15. The first-order valence-corrected chi connectivity index (χ1v) is 5.81. The van der Waals surface area contributed by atoms with E-state index in [1.165, 1.54) is 10.9 Å². The van der Waals surface area contributed by atoms with Crippen molar-refractivity contribution in [2.75, 3.05) is 0 Å². The Balaban J connectivity index is 2.24. The number of nitrogens with zero attached hydrogens (tertiary/aromatic N) is 1. The monoisotopic (exact) mass is 237 g/mol. The second kappa shape index (κ2) is 4.49. The molecule has 0 saturated heterocycles. The molecule has 0 radical (unpaired) electrons. The molecule has 0 bridgehead atoms. The molecule has 0 fully saturated rings. The van der Waals surface area contributed by atoms with Gasteiger partial charge in [-0.05, 0) is 18.6 Å². The van der Waals surface area contributed by atoms with Crippen LogP contribution in [0.25, 0.3) is 10.6 Å². The van der Waals surface area contributed by atoms with Crippen molar-refractivity contribution in [3.05, 3.63) is 28.8 Å². The Morgan fingerprint density at radius 3 is 3.00 bits per heavy atom. The second-order valence-corrected chi connectivity index (χ2v) is 4.57. The third-order valence-electron chi connectivity index (χ3n) is 2.13. The van der Waals surface area contributed by atoms with E-state index in [0.29, 0.717) is 5.76 Å². The number of aromatic carboxylic acids is 1. The first-order valence-electron chi connectivity index (χ1n) is 4.99. The number of carbonyl (C=O) groups is 1. The summed E-state index contributed by atoms with van der Waals surface area (Å²) in [5, 5.41) is 12.2. The zero-order valence-electron chi connectivity index (χ0n) is 8.77. The van der Waals surface area contributed by atoms with Crippen molar-refractivity contribution in [1.82, 2.24) is 5.16 Å². The van der Waals surface area contributed by atoms with E-state index >= 15 is 0 Å². The second-order valence-electron chi connectivity index (χ2n) is 3.40. The van der Waals surface area contributed by atoms with Gasteiger partial charge in [0.25, 0.3) is 0 Å². The Morgan fingerprint density at radius 2 is 2.38 bits per heavy atom. The highest BCUT2D eigenvalue weighted by Crippen LogP contribution is 2.29. The number of thiophene rings is 1. The van der Waals surface area contributed by atoms with Gasteiger partial charge in [-0.25, -0.2) is 4.79 Å². The summed E-state index contributed by atoms with van der Waals surface area (Å²) in [5.74, 6) is -0.551. The Bertz CT molecular complexity index is 501. The maximum atomic E-state index is 10.6. The van der Waals surface area contributed by atoms with Crippen molar-refractivity contribution in [3.8, 4) is 10.6 Å². The Labute approximate surface area is 96.5 Å². The predicted octanol–water partition coefficient (Wildman–Crippen LogP) is 3.05. The topological polar surface area (TPSA) is 63.3 Å². The van der Waals surface area contributed by atoms with E-state index in [2.05, 4.69) is 12.1 Å². The molecule has 84 valence electrons. The molecule has 0 atom stereocenters. The minimum atomic E-state index is -1.07. The third kappa shape index (κ3) is 2.14. The molecule has 1 N–H and O–H groups in total. The molecule has 0 spiro atoms. The molecule has 2 rings (SSSR count). The summed E-state index contributed by atoms with van der Waals surface area (Å²) in [4.78, 5) is 12.8. The van der Waals surface area contributed by atoms with Gasteiger partial charge in [-0.1, -0.05) is 18.5 Å². The normalized spacial score (nSPS) is 10.6. The number of hydrogen-bond acceptors (Lipinski definition) is 4. The lowest BCUT2D eigenvalue weighted by atomic mass is 10.3. The van der Waals surface area contributed by atoms with Crippen LogP contribution in [0.4, 0.5) is 0 Å². The molecule has 2 heterocycles. The Morgan fingerprint density at radius 1 is 1.56 bits per heavy atom. The van der Waals surface area contributed by atoms with Crippen LogP contribution in [0.1, 0.15) is 28.7 Å². The average molecular weight is 237 g/mol. The van der Waals surface area contributed by atoms with Gasteiger partial charge >= 0.3 is 5.97 Å². The van der Waals surface area contributed by atoms with Gasteiger partial charge in [-0.3, -0.25) is 0 Å². The molecule has 0 saturated carbocycles.